The summed E-state index contributed by atoms with van der Waals surface area (Å²) in [6, 6.07) is 73.0. The first-order valence-corrected chi connectivity index (χ1v) is 24.6. The zero-order valence-electron chi connectivity index (χ0n) is 37.3. The van der Waals surface area contributed by atoms with Crippen molar-refractivity contribution in [1.82, 2.24) is 9.13 Å². The lowest BCUT2D eigenvalue weighted by atomic mass is 9.31. The van der Waals surface area contributed by atoms with E-state index >= 15 is 0 Å². The summed E-state index contributed by atoms with van der Waals surface area (Å²) in [5.41, 5.74) is 25.1. The van der Waals surface area contributed by atoms with E-state index in [-0.39, 0.29) is 13.4 Å². The first-order valence-electron chi connectivity index (χ1n) is 23.7. The molecule has 68 heavy (non-hydrogen) atoms. The van der Waals surface area contributed by atoms with E-state index in [1.165, 1.54) is 136 Å². The second-order valence-electron chi connectivity index (χ2n) is 19.2. The molecule has 0 bridgehead atoms. The Kier molecular flexibility index (Phi) is 7.32. The zero-order chi connectivity index (χ0) is 44.5. The number of hydrogen-bond donors (Lipinski definition) is 0. The van der Waals surface area contributed by atoms with E-state index in [4.69, 9.17) is 4.74 Å². The van der Waals surface area contributed by atoms with Gasteiger partial charge >= 0.3 is 0 Å². The number of hydrogen-bond acceptors (Lipinski definition) is 2. The van der Waals surface area contributed by atoms with Crippen LogP contribution in [0.1, 0.15) is 11.1 Å². The monoisotopic (exact) mass is 880 g/mol. The van der Waals surface area contributed by atoms with Crippen molar-refractivity contribution in [3.63, 3.8) is 0 Å². The van der Waals surface area contributed by atoms with Crippen LogP contribution in [0.15, 0.2) is 204 Å². The minimum Gasteiger partial charge on any atom is -0.458 e. The SMILES string of the molecule is Cc1ccc(-c2cc3c4c5c2c2ccccc2n5-c2ccccc2B4c2cc4c(c(-c5ccccc5)c2O3)Sc2cc(-c3ccc(C)cc3)c3c5ccccc5n5c3c2B4c2ccccc2-5)cc1. The fourth-order valence-corrected chi connectivity index (χ4v) is 14.1. The number of aromatic nitrogens is 2. The van der Waals surface area contributed by atoms with Gasteiger partial charge in [0.15, 0.2) is 0 Å². The molecule has 6 heterocycles. The Bertz CT molecular complexity index is 3970. The highest BCUT2D eigenvalue weighted by molar-refractivity contribution is 8.00. The highest BCUT2D eigenvalue weighted by atomic mass is 32.2. The molecule has 4 aliphatic rings. The Hall–Kier alpha value is -7.92. The van der Waals surface area contributed by atoms with Gasteiger partial charge in [0.1, 0.15) is 11.5 Å². The van der Waals surface area contributed by atoms with Crippen LogP contribution in [0.2, 0.25) is 0 Å². The van der Waals surface area contributed by atoms with Crippen molar-refractivity contribution in [3.8, 4) is 56.3 Å². The number of benzene rings is 10. The molecule has 12 aromatic rings. The van der Waals surface area contributed by atoms with E-state index in [1.54, 1.807) is 0 Å². The van der Waals surface area contributed by atoms with E-state index in [1.807, 2.05) is 11.8 Å². The lowest BCUT2D eigenvalue weighted by Crippen LogP contribution is -2.62. The maximum Gasteiger partial charge on any atom is 0.256 e. The summed E-state index contributed by atoms with van der Waals surface area (Å²) in [7, 11) is 0. The van der Waals surface area contributed by atoms with Gasteiger partial charge in [0.2, 0.25) is 6.71 Å². The van der Waals surface area contributed by atoms with Gasteiger partial charge in [-0.05, 0) is 105 Å². The Morgan fingerprint density at radius 2 is 0.956 bits per heavy atom. The molecule has 314 valence electrons. The number of nitrogens with zero attached hydrogens (tertiary/aromatic N) is 2. The van der Waals surface area contributed by atoms with Gasteiger partial charge in [-0.1, -0.05) is 186 Å². The quantitative estimate of drug-likeness (QED) is 0.165. The highest BCUT2D eigenvalue weighted by Crippen LogP contribution is 2.51. The number of para-hydroxylation sites is 4. The van der Waals surface area contributed by atoms with E-state index in [9.17, 15) is 0 Å². The van der Waals surface area contributed by atoms with Crippen LogP contribution in [0.5, 0.6) is 11.5 Å². The lowest BCUT2D eigenvalue weighted by molar-refractivity contribution is 0.489. The molecule has 10 aromatic carbocycles. The molecule has 16 rings (SSSR count). The molecule has 0 amide bonds. The second kappa shape index (κ2) is 13.4. The van der Waals surface area contributed by atoms with Crippen molar-refractivity contribution in [1.29, 1.82) is 0 Å². The predicted molar refractivity (Wildman–Crippen MR) is 287 cm³/mol. The van der Waals surface area contributed by atoms with Crippen LogP contribution in [0.3, 0.4) is 0 Å². The van der Waals surface area contributed by atoms with Gasteiger partial charge in [0, 0.05) is 48.3 Å². The molecule has 0 spiro atoms. The largest absolute Gasteiger partial charge is 0.458 e. The molecular weight excluding hydrogens is 842 g/mol. The third kappa shape index (κ3) is 4.73. The molecule has 0 unspecified atom stereocenters. The maximum absolute atomic E-state index is 7.72. The summed E-state index contributed by atoms with van der Waals surface area (Å²) >= 11 is 1.93. The highest BCUT2D eigenvalue weighted by Gasteiger charge is 2.47. The van der Waals surface area contributed by atoms with Crippen LogP contribution < -0.4 is 37.5 Å². The van der Waals surface area contributed by atoms with Gasteiger partial charge in [-0.15, -0.1) is 0 Å². The Morgan fingerprint density at radius 1 is 0.441 bits per heavy atom. The number of rotatable bonds is 3. The Balaban J connectivity index is 1.05. The van der Waals surface area contributed by atoms with Gasteiger partial charge in [-0.3, -0.25) is 0 Å². The zero-order valence-corrected chi connectivity index (χ0v) is 38.2. The molecule has 0 atom stereocenters. The normalized spacial score (nSPS) is 13.4. The number of aryl methyl sites for hydroxylation is 2. The summed E-state index contributed by atoms with van der Waals surface area (Å²) in [4.78, 5) is 2.57. The molecule has 4 aliphatic heterocycles. The Labute approximate surface area is 398 Å². The fraction of sp³-hybridized carbons (Fsp3) is 0.0323. The molecular formula is C62H38B2N2OS. The standard InChI is InChI=1S/C62H38B2N2OS/c1-35-24-28-37(29-25-35)42-32-52-57-59-55(42)40-16-6-10-20-48(40)65(59)50-22-12-8-18-44(50)63(57)46-34-47-62(54(61(46)67-52)39-14-4-3-5-15-39)68-53-33-43(38-30-26-36(2)27-31-38)56-41-17-7-11-21-49(41)66-51-23-13-9-19-45(51)64(47)58(53)60(56)66/h3-34H,1-2H3. The van der Waals surface area contributed by atoms with E-state index in [0.717, 1.165) is 17.1 Å². The van der Waals surface area contributed by atoms with Gasteiger partial charge in [-0.2, -0.15) is 0 Å². The van der Waals surface area contributed by atoms with E-state index in [2.05, 4.69) is 217 Å². The second-order valence-corrected chi connectivity index (χ2v) is 20.3. The summed E-state index contributed by atoms with van der Waals surface area (Å²) in [5.74, 6) is 1.88. The number of ether oxygens (including phenoxy) is 1. The van der Waals surface area contributed by atoms with Crippen molar-refractivity contribution >= 4 is 102 Å². The van der Waals surface area contributed by atoms with Gasteiger partial charge in [-0.25, -0.2) is 0 Å². The molecule has 0 fully saturated rings. The Morgan fingerprint density at radius 3 is 1.57 bits per heavy atom. The average Bonchev–Trinajstić information content (AvgIpc) is 3.92. The minimum atomic E-state index is -0.0651. The van der Waals surface area contributed by atoms with Crippen molar-refractivity contribution in [2.24, 2.45) is 0 Å². The lowest BCUT2D eigenvalue weighted by Gasteiger charge is -2.38. The first-order chi connectivity index (χ1) is 33.6. The van der Waals surface area contributed by atoms with Crippen LogP contribution >= 0.6 is 11.8 Å². The summed E-state index contributed by atoms with van der Waals surface area (Å²) in [5, 5.41) is 5.15. The van der Waals surface area contributed by atoms with Crippen LogP contribution in [0.4, 0.5) is 0 Å². The van der Waals surface area contributed by atoms with E-state index < -0.39 is 0 Å². The first kappa shape index (κ1) is 37.2. The predicted octanol–water partition coefficient (Wildman–Crippen LogP) is 11.7. The van der Waals surface area contributed by atoms with Crippen LogP contribution in [0.25, 0.3) is 88.4 Å². The summed E-state index contributed by atoms with van der Waals surface area (Å²) in [6.45, 7) is 4.27. The topological polar surface area (TPSA) is 19.1 Å². The van der Waals surface area contributed by atoms with Crippen molar-refractivity contribution < 1.29 is 4.74 Å². The molecule has 0 N–H and O–H groups in total. The van der Waals surface area contributed by atoms with Crippen LogP contribution in [-0.2, 0) is 0 Å². The van der Waals surface area contributed by atoms with E-state index in [0.29, 0.717) is 0 Å². The minimum absolute atomic E-state index is 0.00722. The van der Waals surface area contributed by atoms with Crippen LogP contribution in [-0.4, -0.2) is 22.6 Å². The maximum atomic E-state index is 7.72. The van der Waals surface area contributed by atoms with Gasteiger partial charge in [0.05, 0.1) is 22.1 Å². The summed E-state index contributed by atoms with van der Waals surface area (Å²) in [6.07, 6.45) is 0. The third-order valence-corrected chi connectivity index (χ3v) is 16.8. The summed E-state index contributed by atoms with van der Waals surface area (Å²) < 4.78 is 12.8. The molecule has 3 nitrogen and oxygen atoms in total. The van der Waals surface area contributed by atoms with Crippen molar-refractivity contribution in [2.75, 3.05) is 0 Å². The molecule has 0 saturated carbocycles. The molecule has 0 saturated heterocycles. The average molecular weight is 881 g/mol. The molecule has 6 heteroatoms. The molecule has 0 aliphatic carbocycles. The molecule has 0 radical (unpaired) electrons. The van der Waals surface area contributed by atoms with Crippen molar-refractivity contribution in [3.05, 3.63) is 205 Å². The van der Waals surface area contributed by atoms with Crippen LogP contribution in [0, 0.1) is 13.8 Å². The molecule has 2 aromatic heterocycles. The van der Waals surface area contributed by atoms with Crippen molar-refractivity contribution in [2.45, 2.75) is 23.6 Å². The fourth-order valence-electron chi connectivity index (χ4n) is 12.7. The third-order valence-electron chi connectivity index (χ3n) is 15.6. The van der Waals surface area contributed by atoms with Gasteiger partial charge < -0.3 is 13.9 Å². The number of fused-ring (bicyclic) bond motifs is 16. The van der Waals surface area contributed by atoms with Gasteiger partial charge in [0.25, 0.3) is 6.71 Å². The smallest absolute Gasteiger partial charge is 0.256 e.